The van der Waals surface area contributed by atoms with E-state index in [-0.39, 0.29) is 35.2 Å². The molecule has 368 valence electrons. The summed E-state index contributed by atoms with van der Waals surface area (Å²) in [6, 6.07) is 31.9. The number of carbonyl (C=O) groups excluding carboxylic acids is 4. The average Bonchev–Trinajstić information content (AvgIpc) is 4.26. The molecule has 6 atom stereocenters. The first-order valence-electron chi connectivity index (χ1n) is 25.3. The van der Waals surface area contributed by atoms with E-state index in [1.807, 2.05) is 67.1 Å². The molecule has 7 N–H and O–H groups in total. The number of nitrogens with one attached hydrogen (secondary N) is 5. The number of hydrogen-bond donors (Lipinski definition) is 6. The molecule has 8 aromatic rings. The summed E-state index contributed by atoms with van der Waals surface area (Å²) in [5.74, 6) is 1.34. The zero-order valence-corrected chi connectivity index (χ0v) is 40.9. The van der Waals surface area contributed by atoms with Crippen LogP contribution in [0.3, 0.4) is 0 Å². The summed E-state index contributed by atoms with van der Waals surface area (Å²) in [6.45, 7) is 4.15. The van der Waals surface area contributed by atoms with Crippen molar-refractivity contribution >= 4 is 56.1 Å². The summed E-state index contributed by atoms with van der Waals surface area (Å²) < 4.78 is 0. The third kappa shape index (κ3) is 14.2. The zero-order valence-electron chi connectivity index (χ0n) is 40.9. The van der Waals surface area contributed by atoms with E-state index < -0.39 is 12.1 Å². The first-order valence-corrected chi connectivity index (χ1v) is 25.3. The number of aryl methyl sites for hydroxylation is 2. The maximum absolute atomic E-state index is 12.7. The Morgan fingerprint density at radius 1 is 0.549 bits per heavy atom. The Bertz CT molecular complexity index is 2730. The molecule has 0 aliphatic heterocycles. The van der Waals surface area contributed by atoms with Crippen molar-refractivity contribution in [3.05, 3.63) is 162 Å². The van der Waals surface area contributed by atoms with Crippen LogP contribution in [0.25, 0.3) is 32.7 Å². The van der Waals surface area contributed by atoms with Gasteiger partial charge in [0.1, 0.15) is 0 Å². The van der Waals surface area contributed by atoms with Crippen LogP contribution in [0.2, 0.25) is 0 Å². The van der Waals surface area contributed by atoms with Gasteiger partial charge in [-0.3, -0.25) is 34.1 Å². The van der Waals surface area contributed by atoms with Gasteiger partial charge in [0, 0.05) is 118 Å². The third-order valence-electron chi connectivity index (χ3n) is 14.2. The quantitative estimate of drug-likeness (QED) is 0.0518. The molecule has 2 saturated carbocycles. The van der Waals surface area contributed by atoms with Crippen molar-refractivity contribution in [3.8, 4) is 0 Å². The van der Waals surface area contributed by atoms with Gasteiger partial charge in [0.05, 0.1) is 12.1 Å². The van der Waals surface area contributed by atoms with E-state index in [0.29, 0.717) is 44.1 Å². The number of Topliss-reactive ketones (excluding diaryl/α,β-unsaturated/α-hetero) is 2. The van der Waals surface area contributed by atoms with Crippen LogP contribution in [0.15, 0.2) is 134 Å². The molecule has 2 amide bonds. The number of fused-ring (bicyclic) bond motifs is 3. The number of aromatic amines is 3. The summed E-state index contributed by atoms with van der Waals surface area (Å²) in [6.07, 6.45) is 20.6. The van der Waals surface area contributed by atoms with E-state index >= 15 is 0 Å². The average molecular weight is 954 g/mol. The summed E-state index contributed by atoms with van der Waals surface area (Å²) >= 11 is 0. The second kappa shape index (κ2) is 24.5. The Kier molecular flexibility index (Phi) is 17.3. The lowest BCUT2D eigenvalue weighted by Crippen LogP contribution is -2.41. The van der Waals surface area contributed by atoms with Crippen molar-refractivity contribution in [3.63, 3.8) is 0 Å². The molecule has 6 aromatic heterocycles. The number of amides is 2. The molecular formula is C58H67N9O4. The molecule has 6 heterocycles. The first-order chi connectivity index (χ1) is 34.6. The van der Waals surface area contributed by atoms with Crippen molar-refractivity contribution in [2.24, 2.45) is 29.4 Å². The van der Waals surface area contributed by atoms with Gasteiger partial charge < -0.3 is 31.3 Å². The molecule has 2 aliphatic carbocycles. The van der Waals surface area contributed by atoms with E-state index in [2.05, 4.69) is 89.1 Å². The number of H-pyrrole nitrogens is 3. The van der Waals surface area contributed by atoms with E-state index in [1.54, 1.807) is 32.4 Å². The predicted octanol–water partition coefficient (Wildman–Crippen LogP) is 9.48. The molecule has 0 spiro atoms. The molecule has 13 nitrogen and oxygen atoms in total. The molecule has 2 aliphatic rings. The molecule has 2 aromatic carbocycles. The van der Waals surface area contributed by atoms with Gasteiger partial charge in [0.25, 0.3) is 0 Å². The highest BCUT2D eigenvalue weighted by Crippen LogP contribution is 2.35. The molecule has 0 bridgehead atoms. The summed E-state index contributed by atoms with van der Waals surface area (Å²) in [4.78, 5) is 72.5. The molecule has 10 rings (SSSR count). The van der Waals surface area contributed by atoms with Crippen LogP contribution in [0.4, 0.5) is 0 Å². The second-order valence-corrected chi connectivity index (χ2v) is 19.5. The number of carbonyl (C=O) groups is 4. The van der Waals surface area contributed by atoms with Crippen molar-refractivity contribution in [2.45, 2.75) is 110 Å². The first kappa shape index (κ1) is 50.1. The lowest BCUT2D eigenvalue weighted by molar-refractivity contribution is -0.129. The number of nitrogens with zero attached hydrogens (tertiary/aromatic N) is 3. The van der Waals surface area contributed by atoms with E-state index in [0.717, 1.165) is 101 Å². The highest BCUT2D eigenvalue weighted by atomic mass is 16.2. The molecule has 2 fully saturated rings. The van der Waals surface area contributed by atoms with Crippen LogP contribution in [-0.2, 0) is 51.4 Å². The van der Waals surface area contributed by atoms with Crippen molar-refractivity contribution in [1.82, 2.24) is 40.5 Å². The summed E-state index contributed by atoms with van der Waals surface area (Å²) in [5, 5.41) is 9.14. The topological polar surface area (TPSA) is 204 Å². The molecule has 0 unspecified atom stereocenters. The Labute approximate surface area is 415 Å². The molecule has 71 heavy (non-hydrogen) atoms. The number of aromatic nitrogens is 6. The number of ketones is 2. The predicted molar refractivity (Wildman–Crippen MR) is 280 cm³/mol. The summed E-state index contributed by atoms with van der Waals surface area (Å²) in [7, 11) is 0. The zero-order chi connectivity index (χ0) is 49.5. The Balaban J connectivity index is 0.000000157. The van der Waals surface area contributed by atoms with Crippen LogP contribution < -0.4 is 16.4 Å². The lowest BCUT2D eigenvalue weighted by Gasteiger charge is -2.16. The largest absolute Gasteiger partial charge is 0.358 e. The van der Waals surface area contributed by atoms with E-state index in [9.17, 15) is 19.2 Å². The number of benzene rings is 2. The highest BCUT2D eigenvalue weighted by molar-refractivity contribution is 5.91. The van der Waals surface area contributed by atoms with Crippen LogP contribution in [-0.4, -0.2) is 65.4 Å². The fraction of sp³-hybridized carbons (Fsp3) is 0.362. The molecule has 0 radical (unpaired) electrons. The van der Waals surface area contributed by atoms with Gasteiger partial charge in [-0.05, 0) is 137 Å². The number of nitrogens with two attached hydrogens (primary N) is 1. The maximum atomic E-state index is 12.7. The van der Waals surface area contributed by atoms with Gasteiger partial charge in [0.2, 0.25) is 11.8 Å². The van der Waals surface area contributed by atoms with Crippen molar-refractivity contribution < 1.29 is 19.2 Å². The number of rotatable bonds is 17. The fourth-order valence-electron chi connectivity index (χ4n) is 10.1. The van der Waals surface area contributed by atoms with Gasteiger partial charge in [-0.2, -0.15) is 0 Å². The SMILES string of the molecule is C[C@H](NC(=O)[C@@H]1CC[C@@H](Cc2ccccc2)C1)C(=O)CCc1cc2cnccc2[nH]1.C[C@H](NC(=O)[C@@H]1CC[C@@H](Cc2ccccc2)C1)C(=O)CCc1cc2cnccc2[nH]1.NCc1cc2cnccc2[nH]1. The molecular weight excluding hydrogens is 887 g/mol. The third-order valence-corrected chi connectivity index (χ3v) is 14.2. The lowest BCUT2D eigenvalue weighted by atomic mass is 9.96. The normalized spacial score (nSPS) is 18.2. The van der Waals surface area contributed by atoms with Crippen molar-refractivity contribution in [1.29, 1.82) is 0 Å². The molecule has 0 saturated heterocycles. The summed E-state index contributed by atoms with van der Waals surface area (Å²) in [5.41, 5.74) is 14.4. The fourth-order valence-corrected chi connectivity index (χ4v) is 10.1. The highest BCUT2D eigenvalue weighted by Gasteiger charge is 2.32. The van der Waals surface area contributed by atoms with Crippen LogP contribution in [0, 0.1) is 23.7 Å². The number of hydrogen-bond acceptors (Lipinski definition) is 8. The minimum atomic E-state index is -0.447. The van der Waals surface area contributed by atoms with Gasteiger partial charge in [-0.1, -0.05) is 60.7 Å². The number of pyridine rings is 3. The Morgan fingerprint density at radius 2 is 0.930 bits per heavy atom. The van der Waals surface area contributed by atoms with Crippen LogP contribution in [0.1, 0.15) is 93.4 Å². The van der Waals surface area contributed by atoms with Gasteiger partial charge in [-0.25, -0.2) is 0 Å². The van der Waals surface area contributed by atoms with Gasteiger partial charge in [-0.15, -0.1) is 0 Å². The standard InChI is InChI=1S/2C25H29N3O2.C8H9N3/c2*1-17(24(29)10-9-22-15-21-16-26-12-11-23(21)28-22)27-25(30)20-8-7-19(14-20)13-18-5-3-2-4-6-18;9-4-7-3-6-5-10-2-1-8(6)11-7/h2*2-6,11-12,15-17,19-20,28H,7-10,13-14H2,1H3,(H,27,30);1-3,5,11H,4,9H2/t2*17-,19-,20+;/m00./s1. The van der Waals surface area contributed by atoms with Crippen LogP contribution in [0.5, 0.6) is 0 Å². The minimum absolute atomic E-state index is 0.0233. The Morgan fingerprint density at radius 3 is 1.31 bits per heavy atom. The molecule has 13 heteroatoms. The van der Waals surface area contributed by atoms with Crippen molar-refractivity contribution in [2.75, 3.05) is 0 Å². The smallest absolute Gasteiger partial charge is 0.223 e. The minimum Gasteiger partial charge on any atom is -0.358 e. The Hall–Kier alpha value is -7.25. The van der Waals surface area contributed by atoms with Crippen LogP contribution >= 0.6 is 0 Å². The van der Waals surface area contributed by atoms with Gasteiger partial charge in [0.15, 0.2) is 11.6 Å². The van der Waals surface area contributed by atoms with E-state index in [1.165, 1.54) is 11.1 Å². The monoisotopic (exact) mass is 954 g/mol. The van der Waals surface area contributed by atoms with Gasteiger partial charge >= 0.3 is 0 Å². The van der Waals surface area contributed by atoms with E-state index in [4.69, 9.17) is 5.73 Å². The maximum Gasteiger partial charge on any atom is 0.223 e. The second-order valence-electron chi connectivity index (χ2n) is 19.5.